The quantitative estimate of drug-likeness (QED) is 0.269. The van der Waals surface area contributed by atoms with Crippen molar-refractivity contribution in [2.24, 2.45) is 0 Å². The molecule has 0 N–H and O–H groups in total. The highest BCUT2D eigenvalue weighted by Gasteiger charge is 2.30. The van der Waals surface area contributed by atoms with E-state index in [0.29, 0.717) is 17.0 Å². The first-order chi connectivity index (χ1) is 14.7. The zero-order valence-corrected chi connectivity index (χ0v) is 17.9. The highest BCUT2D eigenvalue weighted by Crippen LogP contribution is 2.33. The lowest BCUT2D eigenvalue weighted by Gasteiger charge is -2.06. The van der Waals surface area contributed by atoms with Gasteiger partial charge in [-0.1, -0.05) is 36.4 Å². The van der Waals surface area contributed by atoms with Crippen molar-refractivity contribution < 1.29 is 27.4 Å². The first-order valence-corrected chi connectivity index (χ1v) is 10.1. The van der Waals surface area contributed by atoms with Crippen LogP contribution in [0.5, 0.6) is 0 Å². The number of alkyl halides is 3. The van der Waals surface area contributed by atoms with Crippen LogP contribution in [-0.2, 0) is 26.9 Å². The van der Waals surface area contributed by atoms with E-state index in [2.05, 4.69) is 9.72 Å². The van der Waals surface area contributed by atoms with Gasteiger partial charge in [0.25, 0.3) is 0 Å². The number of thiazole rings is 1. The smallest absolute Gasteiger partial charge is 0.416 e. The van der Waals surface area contributed by atoms with Gasteiger partial charge in [-0.3, -0.25) is 0 Å². The molecule has 31 heavy (non-hydrogen) atoms. The molecule has 0 aliphatic carbocycles. The zero-order valence-electron chi connectivity index (χ0n) is 17.1. The van der Waals surface area contributed by atoms with Crippen molar-refractivity contribution in [1.82, 2.24) is 4.98 Å². The number of benzene rings is 2. The number of halogens is 3. The van der Waals surface area contributed by atoms with Crippen LogP contribution in [0.1, 0.15) is 27.3 Å². The van der Waals surface area contributed by atoms with Gasteiger partial charge in [0.15, 0.2) is 0 Å². The zero-order chi connectivity index (χ0) is 22.6. The van der Waals surface area contributed by atoms with E-state index in [1.807, 2.05) is 31.2 Å². The Morgan fingerprint density at radius 1 is 1.03 bits per heavy atom. The topological polar surface area (TPSA) is 48.4 Å². The molecular weight excluding hydrogens is 427 g/mol. The van der Waals surface area contributed by atoms with Crippen LogP contribution in [0.3, 0.4) is 0 Å². The van der Waals surface area contributed by atoms with Gasteiger partial charge in [-0.15, -0.1) is 11.3 Å². The Balaban J connectivity index is 1.76. The minimum atomic E-state index is -4.36. The molecule has 3 aromatic rings. The van der Waals surface area contributed by atoms with Gasteiger partial charge in [0, 0.05) is 16.9 Å². The molecule has 0 aliphatic heterocycles. The van der Waals surface area contributed by atoms with Gasteiger partial charge in [-0.05, 0) is 36.3 Å². The largest absolute Gasteiger partial charge is 0.490 e. The van der Waals surface area contributed by atoms with Crippen molar-refractivity contribution in [3.8, 4) is 10.6 Å². The predicted octanol–water partition coefficient (Wildman–Crippen LogP) is 5.89. The van der Waals surface area contributed by atoms with Gasteiger partial charge in [0.1, 0.15) is 5.01 Å². The predicted molar refractivity (Wildman–Crippen MR) is 114 cm³/mol. The van der Waals surface area contributed by atoms with Crippen LogP contribution in [0, 0.1) is 6.92 Å². The summed E-state index contributed by atoms with van der Waals surface area (Å²) >= 11 is 1.46. The van der Waals surface area contributed by atoms with Crippen molar-refractivity contribution in [2.45, 2.75) is 19.5 Å². The first kappa shape index (κ1) is 22.6. The summed E-state index contributed by atoms with van der Waals surface area (Å²) < 4.78 is 48.0. The molecule has 1 heterocycles. The molecule has 8 heteroatoms. The van der Waals surface area contributed by atoms with Gasteiger partial charge < -0.3 is 9.47 Å². The maximum Gasteiger partial charge on any atom is 0.416 e. The first-order valence-electron chi connectivity index (χ1n) is 9.28. The number of aryl methyl sites for hydroxylation is 1. The summed E-state index contributed by atoms with van der Waals surface area (Å²) in [7, 11) is 2.69. The molecule has 1 aromatic heterocycles. The van der Waals surface area contributed by atoms with E-state index in [-0.39, 0.29) is 5.76 Å². The second-order valence-electron chi connectivity index (χ2n) is 6.73. The summed E-state index contributed by atoms with van der Waals surface area (Å²) in [6.45, 7) is 1.89. The second-order valence-corrected chi connectivity index (χ2v) is 7.81. The summed E-state index contributed by atoms with van der Waals surface area (Å²) in [5, 5.41) is 0.684. The molecule has 0 radical (unpaired) electrons. The molecule has 0 atom stereocenters. The van der Waals surface area contributed by atoms with E-state index in [9.17, 15) is 18.0 Å². The van der Waals surface area contributed by atoms with Gasteiger partial charge in [0.2, 0.25) is 5.76 Å². The molecule has 0 saturated carbocycles. The highest BCUT2D eigenvalue weighted by atomic mass is 32.1. The standard InChI is InChI=1S/C23H20F3NO3S/c1-14-20(31-21(27-14)17-8-10-18(11-9-17)23(24,25)26)13-16-6-4-15(5-7-16)12-19(29-2)22(28)30-3/h4-12H,13H2,1-3H3. The number of aromatic nitrogens is 1. The molecule has 3 rings (SSSR count). The van der Waals surface area contributed by atoms with Crippen molar-refractivity contribution in [3.05, 3.63) is 81.6 Å². The van der Waals surface area contributed by atoms with Crippen LogP contribution in [-0.4, -0.2) is 25.2 Å². The number of ether oxygens (including phenoxy) is 2. The number of nitrogens with zero attached hydrogens (tertiary/aromatic N) is 1. The fraction of sp³-hybridized carbons (Fsp3) is 0.217. The van der Waals surface area contributed by atoms with Crippen LogP contribution in [0.15, 0.2) is 54.3 Å². The molecule has 0 unspecified atom stereocenters. The number of esters is 1. The molecule has 0 fully saturated rings. The van der Waals surface area contributed by atoms with Crippen LogP contribution in [0.25, 0.3) is 16.6 Å². The van der Waals surface area contributed by atoms with E-state index >= 15 is 0 Å². The molecule has 2 aromatic carbocycles. The molecule has 0 aliphatic rings. The van der Waals surface area contributed by atoms with Crippen LogP contribution >= 0.6 is 11.3 Å². The number of hydrogen-bond acceptors (Lipinski definition) is 5. The Morgan fingerprint density at radius 2 is 1.68 bits per heavy atom. The molecular formula is C23H20F3NO3S. The average Bonchev–Trinajstić information content (AvgIpc) is 3.12. The van der Waals surface area contributed by atoms with Crippen LogP contribution in [0.4, 0.5) is 13.2 Å². The second kappa shape index (κ2) is 9.34. The Kier molecular flexibility index (Phi) is 6.80. The lowest BCUT2D eigenvalue weighted by atomic mass is 10.1. The van der Waals surface area contributed by atoms with E-state index < -0.39 is 17.7 Å². The van der Waals surface area contributed by atoms with Gasteiger partial charge >= 0.3 is 12.1 Å². The lowest BCUT2D eigenvalue weighted by molar-refractivity contribution is -0.139. The third kappa shape index (κ3) is 5.52. The summed E-state index contributed by atoms with van der Waals surface area (Å²) in [6, 6.07) is 12.6. The van der Waals surface area contributed by atoms with Crippen molar-refractivity contribution in [1.29, 1.82) is 0 Å². The van der Waals surface area contributed by atoms with Gasteiger partial charge in [-0.2, -0.15) is 13.2 Å². The molecule has 0 saturated heterocycles. The number of hydrogen-bond donors (Lipinski definition) is 0. The maximum atomic E-state index is 12.8. The minimum Gasteiger partial charge on any atom is -0.490 e. The van der Waals surface area contributed by atoms with Gasteiger partial charge in [-0.25, -0.2) is 9.78 Å². The highest BCUT2D eigenvalue weighted by molar-refractivity contribution is 7.15. The fourth-order valence-electron chi connectivity index (χ4n) is 2.89. The Morgan fingerprint density at radius 3 is 2.23 bits per heavy atom. The van der Waals surface area contributed by atoms with E-state index in [1.54, 1.807) is 6.08 Å². The number of carbonyl (C=O) groups excluding carboxylic acids is 1. The number of carbonyl (C=O) groups is 1. The molecule has 162 valence electrons. The monoisotopic (exact) mass is 447 g/mol. The molecule has 4 nitrogen and oxygen atoms in total. The van der Waals surface area contributed by atoms with Crippen molar-refractivity contribution in [3.63, 3.8) is 0 Å². The summed E-state index contributed by atoms with van der Waals surface area (Å²) in [6.07, 6.45) is -2.12. The maximum absolute atomic E-state index is 12.8. The SMILES string of the molecule is COC(=O)C(=Cc1ccc(Cc2sc(-c3ccc(C(F)(F)F)cc3)nc2C)cc1)OC. The van der Waals surface area contributed by atoms with E-state index in [0.717, 1.165) is 33.8 Å². The summed E-state index contributed by atoms with van der Waals surface area (Å²) in [4.78, 5) is 17.2. The third-order valence-corrected chi connectivity index (χ3v) is 5.81. The van der Waals surface area contributed by atoms with Crippen LogP contribution in [0.2, 0.25) is 0 Å². The summed E-state index contributed by atoms with van der Waals surface area (Å²) in [5.74, 6) is -0.447. The van der Waals surface area contributed by atoms with Gasteiger partial charge in [0.05, 0.1) is 25.5 Å². The molecule has 0 spiro atoms. The van der Waals surface area contributed by atoms with E-state index in [4.69, 9.17) is 4.74 Å². The minimum absolute atomic E-state index is 0.106. The van der Waals surface area contributed by atoms with E-state index in [1.165, 1.54) is 37.7 Å². The van der Waals surface area contributed by atoms with Crippen molar-refractivity contribution >= 4 is 23.4 Å². The Labute approximate surface area is 182 Å². The van der Waals surface area contributed by atoms with Crippen LogP contribution < -0.4 is 0 Å². The van der Waals surface area contributed by atoms with Crippen molar-refractivity contribution in [2.75, 3.05) is 14.2 Å². The normalized spacial score (nSPS) is 12.0. The fourth-order valence-corrected chi connectivity index (χ4v) is 3.99. The molecule has 0 amide bonds. The Bertz CT molecular complexity index is 1080. The Hall–Kier alpha value is -3.13. The molecule has 0 bridgehead atoms. The third-order valence-electron chi connectivity index (χ3n) is 4.60. The lowest BCUT2D eigenvalue weighted by Crippen LogP contribution is -2.06. The summed E-state index contributed by atoms with van der Waals surface area (Å²) in [5.41, 5.74) is 2.65. The average molecular weight is 447 g/mol. The number of methoxy groups -OCH3 is 2. The number of rotatable bonds is 6.